The molecule has 0 aromatic heterocycles. The van der Waals surface area contributed by atoms with Gasteiger partial charge in [0.25, 0.3) is 0 Å². The van der Waals surface area contributed by atoms with Crippen LogP contribution in [0.5, 0.6) is 11.5 Å². The lowest BCUT2D eigenvalue weighted by Gasteiger charge is -2.12. The summed E-state index contributed by atoms with van der Waals surface area (Å²) in [4.78, 5) is 0. The molecule has 3 heteroatoms. The molecule has 2 N–H and O–H groups in total. The average Bonchev–Trinajstić information content (AvgIpc) is 2.30. The van der Waals surface area contributed by atoms with Crippen molar-refractivity contribution < 1.29 is 4.74 Å². The highest BCUT2D eigenvalue weighted by molar-refractivity contribution is 6.32. The standard InChI is InChI=1S/C15H16ClNO/c1-10-6-11(2)8-13(7-10)18-15-12(9-17)4-3-5-14(15)16/h3-8H,9,17H2,1-2H3. The van der Waals surface area contributed by atoms with E-state index in [9.17, 15) is 0 Å². The molecule has 0 heterocycles. The Morgan fingerprint density at radius 1 is 1.11 bits per heavy atom. The van der Waals surface area contributed by atoms with E-state index in [1.807, 2.05) is 38.1 Å². The maximum Gasteiger partial charge on any atom is 0.150 e. The molecular formula is C15H16ClNO. The van der Waals surface area contributed by atoms with Crippen LogP contribution in [0.2, 0.25) is 5.02 Å². The van der Waals surface area contributed by atoms with Crippen molar-refractivity contribution >= 4 is 11.6 Å². The van der Waals surface area contributed by atoms with E-state index in [0.717, 1.165) is 22.4 Å². The molecule has 0 saturated carbocycles. The van der Waals surface area contributed by atoms with Crippen LogP contribution in [-0.4, -0.2) is 0 Å². The minimum atomic E-state index is 0.403. The molecule has 2 rings (SSSR count). The van der Waals surface area contributed by atoms with Crippen LogP contribution < -0.4 is 10.5 Å². The van der Waals surface area contributed by atoms with Gasteiger partial charge in [-0.05, 0) is 43.2 Å². The van der Waals surface area contributed by atoms with Gasteiger partial charge in [0.2, 0.25) is 0 Å². The zero-order chi connectivity index (χ0) is 13.1. The molecule has 0 spiro atoms. The third-order valence-electron chi connectivity index (χ3n) is 2.68. The Labute approximate surface area is 112 Å². The number of ether oxygens (including phenoxy) is 1. The van der Waals surface area contributed by atoms with Gasteiger partial charge in [-0.15, -0.1) is 0 Å². The van der Waals surface area contributed by atoms with Crippen molar-refractivity contribution in [3.63, 3.8) is 0 Å². The first-order valence-corrected chi connectivity index (χ1v) is 6.21. The van der Waals surface area contributed by atoms with Crippen LogP contribution >= 0.6 is 11.6 Å². The molecule has 2 aromatic rings. The summed E-state index contributed by atoms with van der Waals surface area (Å²) in [6, 6.07) is 11.7. The highest BCUT2D eigenvalue weighted by atomic mass is 35.5. The molecule has 0 unspecified atom stereocenters. The summed E-state index contributed by atoms with van der Waals surface area (Å²) < 4.78 is 5.88. The fourth-order valence-corrected chi connectivity index (χ4v) is 2.17. The number of halogens is 1. The molecule has 0 aliphatic rings. The summed E-state index contributed by atoms with van der Waals surface area (Å²) in [6.45, 7) is 4.48. The monoisotopic (exact) mass is 261 g/mol. The molecule has 0 fully saturated rings. The maximum absolute atomic E-state index is 6.16. The molecule has 0 amide bonds. The van der Waals surface area contributed by atoms with Crippen molar-refractivity contribution in [2.24, 2.45) is 5.73 Å². The van der Waals surface area contributed by atoms with Gasteiger partial charge in [0, 0.05) is 12.1 Å². The van der Waals surface area contributed by atoms with Crippen LogP contribution in [-0.2, 0) is 6.54 Å². The van der Waals surface area contributed by atoms with Crippen molar-refractivity contribution in [3.8, 4) is 11.5 Å². The van der Waals surface area contributed by atoms with Gasteiger partial charge in [0.1, 0.15) is 11.5 Å². The Kier molecular flexibility index (Phi) is 3.90. The largest absolute Gasteiger partial charge is 0.455 e. The lowest BCUT2D eigenvalue weighted by Crippen LogP contribution is -2.00. The van der Waals surface area contributed by atoms with Gasteiger partial charge in [-0.2, -0.15) is 0 Å². The Morgan fingerprint density at radius 2 is 1.78 bits per heavy atom. The average molecular weight is 262 g/mol. The maximum atomic E-state index is 6.16. The van der Waals surface area contributed by atoms with Crippen LogP contribution in [0.4, 0.5) is 0 Å². The lowest BCUT2D eigenvalue weighted by atomic mass is 10.1. The number of aryl methyl sites for hydroxylation is 2. The number of benzene rings is 2. The predicted octanol–water partition coefficient (Wildman–Crippen LogP) is 4.21. The fraction of sp³-hybridized carbons (Fsp3) is 0.200. The summed E-state index contributed by atoms with van der Waals surface area (Å²) >= 11 is 6.16. The molecule has 0 atom stereocenters. The van der Waals surface area contributed by atoms with Crippen molar-refractivity contribution in [1.29, 1.82) is 0 Å². The normalized spacial score (nSPS) is 10.4. The molecule has 2 aromatic carbocycles. The van der Waals surface area contributed by atoms with Crippen molar-refractivity contribution in [2.75, 3.05) is 0 Å². The van der Waals surface area contributed by atoms with E-state index in [2.05, 4.69) is 6.07 Å². The van der Waals surface area contributed by atoms with Gasteiger partial charge in [0.05, 0.1) is 5.02 Å². The fourth-order valence-electron chi connectivity index (χ4n) is 1.94. The van der Waals surface area contributed by atoms with Crippen LogP contribution in [0, 0.1) is 13.8 Å². The summed E-state index contributed by atoms with van der Waals surface area (Å²) in [6.07, 6.45) is 0. The molecule has 0 radical (unpaired) electrons. The Bertz CT molecular complexity index is 546. The SMILES string of the molecule is Cc1cc(C)cc(Oc2c(Cl)cccc2CN)c1. The van der Waals surface area contributed by atoms with E-state index in [0.29, 0.717) is 17.3 Å². The lowest BCUT2D eigenvalue weighted by molar-refractivity contribution is 0.476. The Hall–Kier alpha value is -1.51. The number of hydrogen-bond acceptors (Lipinski definition) is 2. The topological polar surface area (TPSA) is 35.2 Å². The van der Waals surface area contributed by atoms with Gasteiger partial charge in [-0.1, -0.05) is 29.8 Å². The molecular weight excluding hydrogens is 246 g/mol. The van der Waals surface area contributed by atoms with E-state index in [1.54, 1.807) is 6.07 Å². The van der Waals surface area contributed by atoms with Crippen LogP contribution in [0.25, 0.3) is 0 Å². The quantitative estimate of drug-likeness (QED) is 0.898. The van der Waals surface area contributed by atoms with Crippen molar-refractivity contribution in [1.82, 2.24) is 0 Å². The van der Waals surface area contributed by atoms with Crippen molar-refractivity contribution in [3.05, 3.63) is 58.1 Å². The van der Waals surface area contributed by atoms with Crippen LogP contribution in [0.3, 0.4) is 0 Å². The molecule has 94 valence electrons. The zero-order valence-corrected chi connectivity index (χ0v) is 11.3. The first kappa shape index (κ1) is 12.9. The smallest absolute Gasteiger partial charge is 0.150 e. The number of hydrogen-bond donors (Lipinski definition) is 1. The van der Waals surface area contributed by atoms with Gasteiger partial charge < -0.3 is 10.5 Å². The van der Waals surface area contributed by atoms with E-state index in [4.69, 9.17) is 22.1 Å². The second-order valence-electron chi connectivity index (χ2n) is 4.36. The van der Waals surface area contributed by atoms with Crippen LogP contribution in [0.1, 0.15) is 16.7 Å². The summed E-state index contributed by atoms with van der Waals surface area (Å²) in [5.41, 5.74) is 8.92. The van der Waals surface area contributed by atoms with Gasteiger partial charge in [-0.3, -0.25) is 0 Å². The minimum Gasteiger partial charge on any atom is -0.455 e. The Balaban J connectivity index is 2.39. The van der Waals surface area contributed by atoms with E-state index in [-0.39, 0.29) is 0 Å². The molecule has 0 aliphatic heterocycles. The first-order valence-electron chi connectivity index (χ1n) is 5.84. The second kappa shape index (κ2) is 5.42. The first-order chi connectivity index (χ1) is 8.60. The van der Waals surface area contributed by atoms with Crippen LogP contribution in [0.15, 0.2) is 36.4 Å². The molecule has 0 aliphatic carbocycles. The van der Waals surface area contributed by atoms with Gasteiger partial charge in [0.15, 0.2) is 0 Å². The summed E-state index contributed by atoms with van der Waals surface area (Å²) in [5.74, 6) is 1.43. The number of nitrogens with two attached hydrogens (primary N) is 1. The van der Waals surface area contributed by atoms with E-state index >= 15 is 0 Å². The molecule has 18 heavy (non-hydrogen) atoms. The molecule has 0 saturated heterocycles. The highest BCUT2D eigenvalue weighted by Gasteiger charge is 2.08. The number of rotatable bonds is 3. The van der Waals surface area contributed by atoms with E-state index < -0.39 is 0 Å². The third kappa shape index (κ3) is 2.84. The summed E-state index contributed by atoms with van der Waals surface area (Å²) in [7, 11) is 0. The highest BCUT2D eigenvalue weighted by Crippen LogP contribution is 2.33. The predicted molar refractivity (Wildman–Crippen MR) is 75.3 cm³/mol. The molecule has 0 bridgehead atoms. The second-order valence-corrected chi connectivity index (χ2v) is 4.76. The van der Waals surface area contributed by atoms with Gasteiger partial charge >= 0.3 is 0 Å². The minimum absolute atomic E-state index is 0.403. The van der Waals surface area contributed by atoms with Gasteiger partial charge in [-0.25, -0.2) is 0 Å². The Morgan fingerprint density at radius 3 is 2.39 bits per heavy atom. The van der Waals surface area contributed by atoms with E-state index in [1.165, 1.54) is 0 Å². The van der Waals surface area contributed by atoms with Crippen molar-refractivity contribution in [2.45, 2.75) is 20.4 Å². The third-order valence-corrected chi connectivity index (χ3v) is 2.98. The number of para-hydroxylation sites is 1. The zero-order valence-electron chi connectivity index (χ0n) is 10.5. The summed E-state index contributed by atoms with van der Waals surface area (Å²) in [5, 5.41) is 0.581. The molecule has 2 nitrogen and oxygen atoms in total.